The number of fused-ring (bicyclic) bond motifs is 1. The summed E-state index contributed by atoms with van der Waals surface area (Å²) in [4.78, 5) is 26.2. The molecule has 0 saturated carbocycles. The van der Waals surface area contributed by atoms with E-state index < -0.39 is 0 Å². The fraction of sp³-hybridized carbons (Fsp3) is 0.263. The average Bonchev–Trinajstić information content (AvgIpc) is 2.95. The molecule has 2 aromatic carbocycles. The van der Waals surface area contributed by atoms with Crippen molar-refractivity contribution in [3.8, 4) is 0 Å². The van der Waals surface area contributed by atoms with Crippen LogP contribution < -0.4 is 10.2 Å². The van der Waals surface area contributed by atoms with E-state index in [1.807, 2.05) is 56.3 Å². The summed E-state index contributed by atoms with van der Waals surface area (Å²) in [5, 5.41) is 2.80. The Labute approximate surface area is 136 Å². The van der Waals surface area contributed by atoms with Gasteiger partial charge in [0.05, 0.1) is 0 Å². The predicted octanol–water partition coefficient (Wildman–Crippen LogP) is 3.22. The molecular formula is C19H20N2O2. The lowest BCUT2D eigenvalue weighted by Crippen LogP contribution is -2.32. The maximum Gasteiger partial charge on any atom is 0.236 e. The molecular weight excluding hydrogens is 288 g/mol. The summed E-state index contributed by atoms with van der Waals surface area (Å²) in [6.07, 6.45) is 0.710. The van der Waals surface area contributed by atoms with Crippen molar-refractivity contribution in [3.05, 3.63) is 59.2 Å². The number of anilines is 2. The largest absolute Gasteiger partial charge is 0.326 e. The van der Waals surface area contributed by atoms with Gasteiger partial charge in [0.2, 0.25) is 11.8 Å². The highest BCUT2D eigenvalue weighted by atomic mass is 16.2. The molecule has 0 bridgehead atoms. The van der Waals surface area contributed by atoms with Gasteiger partial charge in [-0.1, -0.05) is 24.3 Å². The minimum absolute atomic E-state index is 0.138. The lowest BCUT2D eigenvalue weighted by molar-refractivity contribution is -0.125. The van der Waals surface area contributed by atoms with E-state index in [1.165, 1.54) is 5.56 Å². The van der Waals surface area contributed by atoms with Crippen molar-refractivity contribution in [2.75, 3.05) is 16.8 Å². The molecule has 4 heteroatoms. The standard InChI is InChI=1S/C19H20N2O2/c1-13-7-8-16(11-14(13)2)20-18(22)12-19(23)21-10-9-15-5-3-4-6-17(15)21/h3-8,11H,9-10,12H2,1-2H3,(H,20,22). The van der Waals surface area contributed by atoms with Gasteiger partial charge in [0, 0.05) is 17.9 Å². The van der Waals surface area contributed by atoms with Crippen LogP contribution in [0.5, 0.6) is 0 Å². The molecule has 1 heterocycles. The van der Waals surface area contributed by atoms with Gasteiger partial charge in [-0.2, -0.15) is 0 Å². The summed E-state index contributed by atoms with van der Waals surface area (Å²) in [5.41, 5.74) is 5.11. The van der Waals surface area contributed by atoms with Crippen molar-refractivity contribution in [2.24, 2.45) is 0 Å². The number of aryl methyl sites for hydroxylation is 2. The third-order valence-electron chi connectivity index (χ3n) is 4.29. The zero-order valence-electron chi connectivity index (χ0n) is 13.4. The van der Waals surface area contributed by atoms with Crippen molar-refractivity contribution < 1.29 is 9.59 Å². The first-order valence-corrected chi connectivity index (χ1v) is 7.80. The molecule has 2 amide bonds. The van der Waals surface area contributed by atoms with Crippen LogP contribution in [0.4, 0.5) is 11.4 Å². The fourth-order valence-electron chi connectivity index (χ4n) is 2.85. The van der Waals surface area contributed by atoms with Gasteiger partial charge >= 0.3 is 0 Å². The first-order valence-electron chi connectivity index (χ1n) is 7.80. The second kappa shape index (κ2) is 6.24. The molecule has 0 aromatic heterocycles. The lowest BCUT2D eigenvalue weighted by atomic mass is 10.1. The minimum Gasteiger partial charge on any atom is -0.326 e. The van der Waals surface area contributed by atoms with Crippen LogP contribution in [0.2, 0.25) is 0 Å². The second-order valence-electron chi connectivity index (χ2n) is 5.95. The van der Waals surface area contributed by atoms with E-state index in [1.54, 1.807) is 4.90 Å². The fourth-order valence-corrected chi connectivity index (χ4v) is 2.85. The zero-order chi connectivity index (χ0) is 16.4. The van der Waals surface area contributed by atoms with E-state index in [0.717, 1.165) is 28.9 Å². The lowest BCUT2D eigenvalue weighted by Gasteiger charge is -2.17. The summed E-state index contributed by atoms with van der Waals surface area (Å²) in [6, 6.07) is 13.6. The number of nitrogens with one attached hydrogen (secondary N) is 1. The normalized spacial score (nSPS) is 12.9. The maximum absolute atomic E-state index is 12.4. The van der Waals surface area contributed by atoms with E-state index in [2.05, 4.69) is 5.32 Å². The Bertz CT molecular complexity index is 768. The Kier molecular flexibility index (Phi) is 4.15. The van der Waals surface area contributed by atoms with Crippen LogP contribution in [-0.4, -0.2) is 18.4 Å². The van der Waals surface area contributed by atoms with E-state index in [0.29, 0.717) is 6.54 Å². The van der Waals surface area contributed by atoms with Crippen LogP contribution >= 0.6 is 0 Å². The summed E-state index contributed by atoms with van der Waals surface area (Å²) in [7, 11) is 0. The van der Waals surface area contributed by atoms with E-state index >= 15 is 0 Å². The van der Waals surface area contributed by atoms with E-state index in [4.69, 9.17) is 0 Å². The number of nitrogens with zero attached hydrogens (tertiary/aromatic N) is 1. The third kappa shape index (κ3) is 3.26. The van der Waals surface area contributed by atoms with Gasteiger partial charge in [-0.15, -0.1) is 0 Å². The highest BCUT2D eigenvalue weighted by Crippen LogP contribution is 2.27. The Balaban J connectivity index is 1.64. The molecule has 0 aliphatic carbocycles. The number of carbonyl (C=O) groups excluding carboxylic acids is 2. The third-order valence-corrected chi connectivity index (χ3v) is 4.29. The van der Waals surface area contributed by atoms with Crippen LogP contribution in [0.1, 0.15) is 23.1 Å². The molecule has 0 saturated heterocycles. The number of benzene rings is 2. The number of hydrogen-bond acceptors (Lipinski definition) is 2. The quantitative estimate of drug-likeness (QED) is 0.885. The second-order valence-corrected chi connectivity index (χ2v) is 5.95. The molecule has 1 aliphatic rings. The molecule has 0 atom stereocenters. The Hall–Kier alpha value is -2.62. The van der Waals surface area contributed by atoms with Crippen LogP contribution in [0.3, 0.4) is 0 Å². The molecule has 23 heavy (non-hydrogen) atoms. The SMILES string of the molecule is Cc1ccc(NC(=O)CC(=O)N2CCc3ccccc32)cc1C. The number of para-hydroxylation sites is 1. The van der Waals surface area contributed by atoms with Crippen molar-refractivity contribution in [3.63, 3.8) is 0 Å². The van der Waals surface area contributed by atoms with Crippen molar-refractivity contribution in [1.29, 1.82) is 0 Å². The molecule has 0 spiro atoms. The zero-order valence-corrected chi connectivity index (χ0v) is 13.4. The van der Waals surface area contributed by atoms with Crippen molar-refractivity contribution in [2.45, 2.75) is 26.7 Å². The van der Waals surface area contributed by atoms with E-state index in [9.17, 15) is 9.59 Å². The molecule has 0 unspecified atom stereocenters. The molecule has 2 aromatic rings. The Morgan fingerprint density at radius 2 is 1.87 bits per heavy atom. The summed E-state index contributed by atoms with van der Waals surface area (Å²) in [6.45, 7) is 4.67. The summed E-state index contributed by atoms with van der Waals surface area (Å²) in [5.74, 6) is -0.432. The van der Waals surface area contributed by atoms with Crippen LogP contribution in [0.25, 0.3) is 0 Å². The Morgan fingerprint density at radius 1 is 1.09 bits per heavy atom. The molecule has 0 fully saturated rings. The van der Waals surface area contributed by atoms with Gasteiger partial charge < -0.3 is 10.2 Å². The van der Waals surface area contributed by atoms with Gasteiger partial charge in [-0.25, -0.2) is 0 Å². The van der Waals surface area contributed by atoms with Crippen LogP contribution in [0, 0.1) is 13.8 Å². The van der Waals surface area contributed by atoms with Gasteiger partial charge in [-0.05, 0) is 55.2 Å². The minimum atomic E-state index is -0.275. The topological polar surface area (TPSA) is 49.4 Å². The van der Waals surface area contributed by atoms with Gasteiger partial charge in [0.1, 0.15) is 6.42 Å². The molecule has 3 rings (SSSR count). The van der Waals surface area contributed by atoms with Crippen molar-refractivity contribution >= 4 is 23.2 Å². The van der Waals surface area contributed by atoms with Gasteiger partial charge in [0.15, 0.2) is 0 Å². The van der Waals surface area contributed by atoms with Gasteiger partial charge in [-0.3, -0.25) is 9.59 Å². The van der Waals surface area contributed by atoms with Crippen LogP contribution in [0.15, 0.2) is 42.5 Å². The predicted molar refractivity (Wildman–Crippen MR) is 91.7 cm³/mol. The molecule has 0 radical (unpaired) electrons. The summed E-state index contributed by atoms with van der Waals surface area (Å²) >= 11 is 0. The molecule has 4 nitrogen and oxygen atoms in total. The summed E-state index contributed by atoms with van der Waals surface area (Å²) < 4.78 is 0. The maximum atomic E-state index is 12.4. The first kappa shape index (κ1) is 15.3. The monoisotopic (exact) mass is 308 g/mol. The van der Waals surface area contributed by atoms with Crippen LogP contribution in [-0.2, 0) is 16.0 Å². The Morgan fingerprint density at radius 3 is 2.65 bits per heavy atom. The number of carbonyl (C=O) groups is 2. The smallest absolute Gasteiger partial charge is 0.236 e. The van der Waals surface area contributed by atoms with Crippen molar-refractivity contribution in [1.82, 2.24) is 0 Å². The molecule has 1 aliphatic heterocycles. The molecule has 118 valence electrons. The average molecular weight is 308 g/mol. The first-order chi connectivity index (χ1) is 11.0. The van der Waals surface area contributed by atoms with E-state index in [-0.39, 0.29) is 18.2 Å². The van der Waals surface area contributed by atoms with Gasteiger partial charge in [0.25, 0.3) is 0 Å². The number of rotatable bonds is 3. The molecule has 1 N–H and O–H groups in total. The highest BCUT2D eigenvalue weighted by molar-refractivity contribution is 6.09. The highest BCUT2D eigenvalue weighted by Gasteiger charge is 2.25. The number of amides is 2. The number of hydrogen-bond donors (Lipinski definition) is 1.